The van der Waals surface area contributed by atoms with Crippen LogP contribution in [0.15, 0.2) is 16.5 Å². The number of furan rings is 1. The number of aromatic nitrogens is 2. The lowest BCUT2D eigenvalue weighted by Crippen LogP contribution is -2.14. The first-order valence-corrected chi connectivity index (χ1v) is 11.0. The van der Waals surface area contributed by atoms with E-state index < -0.39 is 53.6 Å². The second kappa shape index (κ2) is 10.5. The quantitative estimate of drug-likeness (QED) is 0.294. The zero-order valence-electron chi connectivity index (χ0n) is 18.0. The molecule has 0 fully saturated rings. The van der Waals surface area contributed by atoms with Crippen LogP contribution in [0.3, 0.4) is 0 Å². The van der Waals surface area contributed by atoms with E-state index in [-0.39, 0.29) is 39.1 Å². The van der Waals surface area contributed by atoms with E-state index in [1.807, 2.05) is 0 Å². The Balaban J connectivity index is 1.87. The van der Waals surface area contributed by atoms with Crippen LogP contribution < -0.4 is 11.1 Å². The number of primary amides is 1. The number of nitrogens with zero attached hydrogens (tertiary/aromatic N) is 2. The van der Waals surface area contributed by atoms with Crippen LogP contribution in [0.25, 0.3) is 0 Å². The molecule has 0 radical (unpaired) electrons. The van der Waals surface area contributed by atoms with Gasteiger partial charge in [0.25, 0.3) is 24.7 Å². The van der Waals surface area contributed by atoms with Crippen molar-refractivity contribution in [2.45, 2.75) is 33.2 Å². The Labute approximate surface area is 203 Å². The minimum absolute atomic E-state index is 0.0156. The van der Waals surface area contributed by atoms with Crippen molar-refractivity contribution in [2.75, 3.05) is 11.9 Å². The molecule has 35 heavy (non-hydrogen) atoms. The molecule has 188 valence electrons. The summed E-state index contributed by atoms with van der Waals surface area (Å²) in [5, 5.41) is 4.98. The summed E-state index contributed by atoms with van der Waals surface area (Å²) < 4.78 is 63.6. The molecule has 0 aliphatic rings. The Kier molecular flexibility index (Phi) is 7.85. The molecule has 15 heteroatoms. The molecule has 0 aromatic carbocycles. The van der Waals surface area contributed by atoms with Crippen LogP contribution in [0.2, 0.25) is 5.02 Å². The maximum absolute atomic E-state index is 13.3. The van der Waals surface area contributed by atoms with Gasteiger partial charge in [-0.25, -0.2) is 22.4 Å². The van der Waals surface area contributed by atoms with E-state index in [2.05, 4.69) is 10.4 Å². The van der Waals surface area contributed by atoms with Gasteiger partial charge in [0.05, 0.1) is 28.6 Å². The molecule has 0 saturated carbocycles. The highest BCUT2D eigenvalue weighted by Gasteiger charge is 2.29. The van der Waals surface area contributed by atoms with E-state index >= 15 is 0 Å². The lowest BCUT2D eigenvalue weighted by molar-refractivity contribution is 0.0527. The zero-order chi connectivity index (χ0) is 26.0. The van der Waals surface area contributed by atoms with Crippen molar-refractivity contribution >= 4 is 45.7 Å². The summed E-state index contributed by atoms with van der Waals surface area (Å²) in [6.45, 7) is 2.57. The monoisotopic (exact) mass is 536 g/mol. The summed E-state index contributed by atoms with van der Waals surface area (Å²) in [4.78, 5) is 36.7. The van der Waals surface area contributed by atoms with Crippen molar-refractivity contribution in [3.05, 3.63) is 56.1 Å². The van der Waals surface area contributed by atoms with Crippen LogP contribution in [0.4, 0.5) is 22.6 Å². The Morgan fingerprint density at radius 3 is 2.51 bits per heavy atom. The second-order valence-electron chi connectivity index (χ2n) is 6.91. The lowest BCUT2D eigenvalue weighted by Gasteiger charge is -2.06. The number of carbonyl (C=O) groups excluding carboxylic acids is 3. The first-order valence-electron chi connectivity index (χ1n) is 9.78. The largest absolute Gasteiger partial charge is 0.462 e. The first kappa shape index (κ1) is 26.2. The molecule has 3 aromatic rings. The molecule has 2 amide bonds. The Bertz CT molecular complexity index is 1290. The molecule has 3 aromatic heterocycles. The van der Waals surface area contributed by atoms with Crippen LogP contribution in [0, 0.1) is 6.92 Å². The standard InChI is InChI=1S/C20H17ClF4N4O5S/c1-3-33-20(32)10-7(2)14(17(26)30)35-19(10)27-18(31)9-5-4-8(34-9)6-29-13(16(24)25)11(21)12(28-29)15(22)23/h4-5,15-16H,3,6H2,1-2H3,(H2,26,30)(H,27,31). The van der Waals surface area contributed by atoms with E-state index in [9.17, 15) is 31.9 Å². The summed E-state index contributed by atoms with van der Waals surface area (Å²) >= 11 is 6.38. The molecule has 3 N–H and O–H groups in total. The Morgan fingerprint density at radius 1 is 1.26 bits per heavy atom. The van der Waals surface area contributed by atoms with Crippen molar-refractivity contribution in [1.29, 1.82) is 0 Å². The van der Waals surface area contributed by atoms with E-state index in [1.165, 1.54) is 19.1 Å². The molecule has 9 nitrogen and oxygen atoms in total. The highest BCUT2D eigenvalue weighted by molar-refractivity contribution is 7.18. The van der Waals surface area contributed by atoms with Crippen LogP contribution >= 0.6 is 22.9 Å². The Morgan fingerprint density at radius 2 is 1.94 bits per heavy atom. The number of hydrogen-bond donors (Lipinski definition) is 2. The number of anilines is 1. The zero-order valence-corrected chi connectivity index (χ0v) is 19.6. The van der Waals surface area contributed by atoms with Crippen molar-refractivity contribution < 1.29 is 41.1 Å². The number of thiophene rings is 1. The minimum atomic E-state index is -3.19. The molecule has 0 aliphatic heterocycles. The fraction of sp³-hybridized carbons (Fsp3) is 0.300. The molecule has 0 spiro atoms. The van der Waals surface area contributed by atoms with Gasteiger partial charge in [-0.15, -0.1) is 11.3 Å². The molecule has 3 heterocycles. The number of amides is 2. The number of rotatable bonds is 9. The van der Waals surface area contributed by atoms with Gasteiger partial charge in [-0.2, -0.15) is 5.10 Å². The van der Waals surface area contributed by atoms with Crippen LogP contribution in [0.1, 0.15) is 73.1 Å². The minimum Gasteiger partial charge on any atom is -0.462 e. The normalized spacial score (nSPS) is 11.3. The van der Waals surface area contributed by atoms with Gasteiger partial charge in [0.2, 0.25) is 0 Å². The fourth-order valence-electron chi connectivity index (χ4n) is 3.12. The van der Waals surface area contributed by atoms with Crippen molar-refractivity contribution in [3.8, 4) is 0 Å². The van der Waals surface area contributed by atoms with Gasteiger partial charge in [-0.3, -0.25) is 14.3 Å². The van der Waals surface area contributed by atoms with Crippen LogP contribution in [-0.4, -0.2) is 34.2 Å². The summed E-state index contributed by atoms with van der Waals surface area (Å²) in [6, 6.07) is 2.45. The smallest absolute Gasteiger partial charge is 0.341 e. The average Bonchev–Trinajstić information content (AvgIpc) is 3.44. The molecule has 0 unspecified atom stereocenters. The lowest BCUT2D eigenvalue weighted by atomic mass is 10.1. The topological polar surface area (TPSA) is 129 Å². The van der Waals surface area contributed by atoms with E-state index in [0.29, 0.717) is 4.68 Å². The van der Waals surface area contributed by atoms with Gasteiger partial charge in [0, 0.05) is 0 Å². The molecule has 0 aliphatic carbocycles. The van der Waals surface area contributed by atoms with Gasteiger partial charge >= 0.3 is 5.97 Å². The Hall–Kier alpha value is -3.39. The number of hydrogen-bond acceptors (Lipinski definition) is 7. The predicted molar refractivity (Wildman–Crippen MR) is 116 cm³/mol. The summed E-state index contributed by atoms with van der Waals surface area (Å²) in [6.07, 6.45) is -6.37. The number of nitrogens with two attached hydrogens (primary N) is 1. The number of esters is 1. The molecule has 0 saturated heterocycles. The summed E-state index contributed by atoms with van der Waals surface area (Å²) in [5.41, 5.74) is 3.57. The molecule has 0 bridgehead atoms. The number of halogens is 5. The number of ether oxygens (including phenoxy) is 1. The van der Waals surface area contributed by atoms with Gasteiger partial charge in [0.1, 0.15) is 22.1 Å². The maximum Gasteiger partial charge on any atom is 0.341 e. The van der Waals surface area contributed by atoms with E-state index in [0.717, 1.165) is 11.3 Å². The van der Waals surface area contributed by atoms with Gasteiger partial charge in [-0.1, -0.05) is 11.6 Å². The third-order valence-electron chi connectivity index (χ3n) is 4.64. The van der Waals surface area contributed by atoms with Gasteiger partial charge in [0.15, 0.2) is 5.76 Å². The first-order chi connectivity index (χ1) is 16.5. The van der Waals surface area contributed by atoms with E-state index in [1.54, 1.807) is 6.92 Å². The number of alkyl halides is 4. The van der Waals surface area contributed by atoms with Gasteiger partial charge < -0.3 is 20.2 Å². The van der Waals surface area contributed by atoms with Crippen molar-refractivity contribution in [3.63, 3.8) is 0 Å². The van der Waals surface area contributed by atoms with E-state index in [4.69, 9.17) is 26.5 Å². The van der Waals surface area contributed by atoms with Crippen molar-refractivity contribution in [2.24, 2.45) is 5.73 Å². The van der Waals surface area contributed by atoms with Crippen molar-refractivity contribution in [1.82, 2.24) is 9.78 Å². The maximum atomic E-state index is 13.3. The number of nitrogens with one attached hydrogen (secondary N) is 1. The highest BCUT2D eigenvalue weighted by Crippen LogP contribution is 2.36. The summed E-state index contributed by atoms with van der Waals surface area (Å²) in [5.74, 6) is -2.81. The average molecular weight is 537 g/mol. The SMILES string of the molecule is CCOC(=O)c1c(NC(=O)c2ccc(Cn3nc(C(F)F)c(Cl)c3C(F)F)o2)sc(C(N)=O)c1C. The molecule has 0 atom stereocenters. The van der Waals surface area contributed by atoms with Crippen LogP contribution in [-0.2, 0) is 11.3 Å². The second-order valence-corrected chi connectivity index (χ2v) is 8.31. The van der Waals surface area contributed by atoms with Crippen LogP contribution in [0.5, 0.6) is 0 Å². The van der Waals surface area contributed by atoms with Gasteiger partial charge in [-0.05, 0) is 31.5 Å². The predicted octanol–water partition coefficient (Wildman–Crippen LogP) is 4.95. The molecular formula is C20H17ClF4N4O5S. The summed E-state index contributed by atoms with van der Waals surface area (Å²) in [7, 11) is 0. The fourth-order valence-corrected chi connectivity index (χ4v) is 4.47. The highest BCUT2D eigenvalue weighted by atomic mass is 35.5. The number of carbonyl (C=O) groups is 3. The molecule has 3 rings (SSSR count). The third kappa shape index (κ3) is 5.32. The third-order valence-corrected chi connectivity index (χ3v) is 6.25. The molecular weight excluding hydrogens is 520 g/mol.